The molecule has 36 heavy (non-hydrogen) atoms. The van der Waals surface area contributed by atoms with E-state index < -0.39 is 21.8 Å². The molecule has 0 fully saturated rings. The van der Waals surface area contributed by atoms with Gasteiger partial charge >= 0.3 is 0 Å². The van der Waals surface area contributed by atoms with Crippen molar-refractivity contribution < 1.29 is 28.9 Å². The van der Waals surface area contributed by atoms with Crippen LogP contribution in [0.25, 0.3) is 0 Å². The molecule has 0 N–H and O–H groups in total. The molecule has 1 atom stereocenters. The van der Waals surface area contributed by atoms with Crippen molar-refractivity contribution in [2.75, 3.05) is 27.4 Å². The number of carbonyl (C=O) groups is 1. The Morgan fingerprint density at radius 1 is 0.972 bits per heavy atom. The highest BCUT2D eigenvalue weighted by molar-refractivity contribution is 5.98. The minimum absolute atomic E-state index is 0.00661. The molecule has 1 unspecified atom stereocenters. The summed E-state index contributed by atoms with van der Waals surface area (Å²) in [7, 11) is 3.04. The summed E-state index contributed by atoms with van der Waals surface area (Å²) in [6.45, 7) is 0.300. The Kier molecular flexibility index (Phi) is 7.00. The molecule has 11 nitrogen and oxygen atoms in total. The minimum atomic E-state index is -0.615. The topological polar surface area (TPSA) is 134 Å². The monoisotopic (exact) mass is 493 g/mol. The second kappa shape index (κ2) is 10.3. The number of fused-ring (bicyclic) bond motifs is 1. The lowest BCUT2D eigenvalue weighted by Crippen LogP contribution is -2.42. The largest absolute Gasteiger partial charge is 0.493 e. The fraction of sp³-hybridized carbons (Fsp3) is 0.240. The van der Waals surface area contributed by atoms with Crippen LogP contribution in [0.4, 0.5) is 11.4 Å². The van der Waals surface area contributed by atoms with Gasteiger partial charge in [-0.2, -0.15) is 0 Å². The first-order valence-electron chi connectivity index (χ1n) is 11.0. The summed E-state index contributed by atoms with van der Waals surface area (Å²) in [4.78, 5) is 36.6. The highest BCUT2D eigenvalue weighted by atomic mass is 16.6. The van der Waals surface area contributed by atoms with Crippen molar-refractivity contribution in [1.29, 1.82) is 0 Å². The molecule has 0 aliphatic carbocycles. The van der Waals surface area contributed by atoms with Crippen LogP contribution in [0.3, 0.4) is 0 Å². The summed E-state index contributed by atoms with van der Waals surface area (Å²) in [6.07, 6.45) is 0.496. The Balaban J connectivity index is 1.72. The number of carbonyl (C=O) groups excluding carboxylic acids is 1. The van der Waals surface area contributed by atoms with E-state index in [1.165, 1.54) is 56.7 Å². The van der Waals surface area contributed by atoms with Crippen LogP contribution in [-0.2, 0) is 6.42 Å². The van der Waals surface area contributed by atoms with E-state index in [1.807, 2.05) is 6.07 Å². The molecule has 1 aliphatic heterocycles. The normalized spacial score (nSPS) is 14.5. The summed E-state index contributed by atoms with van der Waals surface area (Å²) in [5.74, 6) is 0.896. The number of nitro benzene ring substituents is 2. The zero-order valence-corrected chi connectivity index (χ0v) is 19.6. The van der Waals surface area contributed by atoms with Gasteiger partial charge in [0.25, 0.3) is 17.3 Å². The highest BCUT2D eigenvalue weighted by Crippen LogP contribution is 2.39. The van der Waals surface area contributed by atoms with E-state index in [9.17, 15) is 25.0 Å². The molecule has 0 aromatic heterocycles. The van der Waals surface area contributed by atoms with Gasteiger partial charge < -0.3 is 19.1 Å². The van der Waals surface area contributed by atoms with Gasteiger partial charge in [0.2, 0.25) is 0 Å². The van der Waals surface area contributed by atoms with Crippen molar-refractivity contribution >= 4 is 17.3 Å². The van der Waals surface area contributed by atoms with E-state index in [0.29, 0.717) is 30.2 Å². The highest BCUT2D eigenvalue weighted by Gasteiger charge is 2.35. The number of hydrogen-bond acceptors (Lipinski definition) is 8. The number of amides is 1. The molecule has 4 rings (SSSR count). The molecule has 11 heteroatoms. The van der Waals surface area contributed by atoms with Crippen molar-refractivity contribution in [2.45, 2.75) is 12.5 Å². The molecular weight excluding hydrogens is 470 g/mol. The molecule has 0 spiro atoms. The fourth-order valence-corrected chi connectivity index (χ4v) is 4.26. The van der Waals surface area contributed by atoms with Gasteiger partial charge in [0, 0.05) is 24.7 Å². The third-order valence-corrected chi connectivity index (χ3v) is 6.05. The lowest BCUT2D eigenvalue weighted by Gasteiger charge is -2.37. The molecule has 0 saturated carbocycles. The van der Waals surface area contributed by atoms with Crippen molar-refractivity contribution in [3.05, 3.63) is 97.6 Å². The van der Waals surface area contributed by atoms with Gasteiger partial charge in [0.05, 0.1) is 30.1 Å². The molecule has 3 aromatic carbocycles. The molecule has 0 saturated heterocycles. The van der Waals surface area contributed by atoms with Crippen molar-refractivity contribution in [2.24, 2.45) is 0 Å². The zero-order chi connectivity index (χ0) is 25.8. The molecular formula is C25H23N3O8. The van der Waals surface area contributed by atoms with Gasteiger partial charge in [-0.3, -0.25) is 25.0 Å². The van der Waals surface area contributed by atoms with Crippen LogP contribution in [0.2, 0.25) is 0 Å². The number of nitro groups is 2. The van der Waals surface area contributed by atoms with Gasteiger partial charge in [-0.05, 0) is 47.9 Å². The van der Waals surface area contributed by atoms with E-state index in [0.717, 1.165) is 11.1 Å². The summed E-state index contributed by atoms with van der Waals surface area (Å²) >= 11 is 0. The molecule has 3 aromatic rings. The third kappa shape index (κ3) is 4.76. The first-order chi connectivity index (χ1) is 17.3. The van der Waals surface area contributed by atoms with Crippen molar-refractivity contribution in [3.63, 3.8) is 0 Å². The van der Waals surface area contributed by atoms with Crippen LogP contribution in [0.15, 0.2) is 60.7 Å². The maximum Gasteiger partial charge on any atom is 0.282 e. The molecule has 1 aliphatic rings. The summed E-state index contributed by atoms with van der Waals surface area (Å²) in [5.41, 5.74) is 1.31. The lowest BCUT2D eigenvalue weighted by atomic mass is 9.91. The van der Waals surface area contributed by atoms with Gasteiger partial charge in [-0.25, -0.2) is 0 Å². The van der Waals surface area contributed by atoms with E-state index in [1.54, 1.807) is 17.0 Å². The number of benzene rings is 3. The predicted molar refractivity (Wildman–Crippen MR) is 129 cm³/mol. The number of ether oxygens (including phenoxy) is 3. The molecule has 1 amide bonds. The van der Waals surface area contributed by atoms with Gasteiger partial charge in [-0.1, -0.05) is 12.1 Å². The van der Waals surface area contributed by atoms with Crippen LogP contribution in [0.5, 0.6) is 17.2 Å². The van der Waals surface area contributed by atoms with Crippen LogP contribution in [0, 0.1) is 20.2 Å². The number of nitrogens with zero attached hydrogens (tertiary/aromatic N) is 3. The minimum Gasteiger partial charge on any atom is -0.493 e. The SMILES string of the molecule is COc1cc2c(cc1OC)C(COc1ccc([N+](=O)[O-])cc1)N(C(=O)c1ccccc1[N+](=O)[O-])CC2. The number of hydrogen-bond donors (Lipinski definition) is 0. The Hall–Kier alpha value is -4.67. The van der Waals surface area contributed by atoms with E-state index >= 15 is 0 Å². The summed E-state index contributed by atoms with van der Waals surface area (Å²) in [6, 6.07) is 14.4. The Morgan fingerprint density at radius 2 is 1.64 bits per heavy atom. The second-order valence-electron chi connectivity index (χ2n) is 8.01. The van der Waals surface area contributed by atoms with Crippen molar-refractivity contribution in [1.82, 2.24) is 4.90 Å². The molecule has 1 heterocycles. The lowest BCUT2D eigenvalue weighted by molar-refractivity contribution is -0.385. The average molecular weight is 493 g/mol. The summed E-state index contributed by atoms with van der Waals surface area (Å²) in [5, 5.41) is 22.5. The fourth-order valence-electron chi connectivity index (χ4n) is 4.26. The maximum absolute atomic E-state index is 13.6. The van der Waals surface area contributed by atoms with Crippen LogP contribution in [0.1, 0.15) is 27.5 Å². The Labute approximate surface area is 206 Å². The quantitative estimate of drug-likeness (QED) is 0.334. The summed E-state index contributed by atoms with van der Waals surface area (Å²) < 4.78 is 16.8. The average Bonchev–Trinajstić information content (AvgIpc) is 2.90. The second-order valence-corrected chi connectivity index (χ2v) is 8.01. The molecule has 186 valence electrons. The van der Waals surface area contributed by atoms with E-state index in [4.69, 9.17) is 14.2 Å². The van der Waals surface area contributed by atoms with Gasteiger partial charge in [0.15, 0.2) is 11.5 Å². The number of rotatable bonds is 8. The number of non-ortho nitro benzene ring substituents is 1. The first kappa shape index (κ1) is 24.5. The smallest absolute Gasteiger partial charge is 0.282 e. The van der Waals surface area contributed by atoms with Crippen LogP contribution < -0.4 is 14.2 Å². The standard InChI is InChI=1S/C25H23N3O8/c1-34-23-13-16-11-12-26(25(29)19-5-3-4-6-21(19)28(32)33)22(20(16)14-24(23)35-2)15-36-18-9-7-17(8-10-18)27(30)31/h3-10,13-14,22H,11-12,15H2,1-2H3. The van der Waals surface area contributed by atoms with Crippen molar-refractivity contribution in [3.8, 4) is 17.2 Å². The molecule has 0 radical (unpaired) electrons. The molecule has 0 bridgehead atoms. The zero-order valence-electron chi connectivity index (χ0n) is 19.6. The van der Waals surface area contributed by atoms with Gasteiger partial charge in [0.1, 0.15) is 17.9 Å². The Morgan fingerprint density at radius 3 is 2.28 bits per heavy atom. The van der Waals surface area contributed by atoms with Crippen LogP contribution in [-0.4, -0.2) is 48.0 Å². The van der Waals surface area contributed by atoms with Gasteiger partial charge in [-0.15, -0.1) is 0 Å². The van der Waals surface area contributed by atoms with E-state index in [2.05, 4.69) is 0 Å². The predicted octanol–water partition coefficient (Wildman–Crippen LogP) is 4.34. The maximum atomic E-state index is 13.6. The third-order valence-electron chi connectivity index (χ3n) is 6.05. The number of para-hydroxylation sites is 1. The van der Waals surface area contributed by atoms with Crippen LogP contribution >= 0.6 is 0 Å². The van der Waals surface area contributed by atoms with E-state index in [-0.39, 0.29) is 23.5 Å². The first-order valence-corrected chi connectivity index (χ1v) is 11.0. The number of methoxy groups -OCH3 is 2. The Bertz CT molecular complexity index is 1310.